The van der Waals surface area contributed by atoms with Gasteiger partial charge in [-0.15, -0.1) is 0 Å². The summed E-state index contributed by atoms with van der Waals surface area (Å²) in [6.07, 6.45) is 1.75. The maximum absolute atomic E-state index is 6.09. The van der Waals surface area contributed by atoms with Crippen LogP contribution in [0, 0.1) is 5.92 Å². The number of rotatable bonds is 5. The zero-order valence-electron chi connectivity index (χ0n) is 14.2. The molecule has 2 rings (SSSR count). The van der Waals surface area contributed by atoms with Crippen LogP contribution in [-0.4, -0.2) is 35.8 Å². The van der Waals surface area contributed by atoms with Gasteiger partial charge in [0.2, 0.25) is 0 Å². The van der Waals surface area contributed by atoms with Gasteiger partial charge in [0, 0.05) is 6.54 Å². The number of hydrogen-bond acceptors (Lipinski definition) is 5. The third-order valence-corrected chi connectivity index (χ3v) is 3.36. The molecule has 21 heavy (non-hydrogen) atoms. The van der Waals surface area contributed by atoms with E-state index in [-0.39, 0.29) is 11.2 Å². The van der Waals surface area contributed by atoms with Crippen LogP contribution in [0.2, 0.25) is 0 Å². The van der Waals surface area contributed by atoms with E-state index in [1.54, 1.807) is 6.26 Å². The largest absolute Gasteiger partial charge is 0.432 e. The summed E-state index contributed by atoms with van der Waals surface area (Å²) >= 11 is 0. The lowest BCUT2D eigenvalue weighted by molar-refractivity contribution is -0.134. The summed E-state index contributed by atoms with van der Waals surface area (Å²) < 4.78 is 11.8. The molecule has 0 atom stereocenters. The summed E-state index contributed by atoms with van der Waals surface area (Å²) in [7, 11) is 0. The van der Waals surface area contributed by atoms with Gasteiger partial charge < -0.3 is 19.4 Å². The molecule has 0 aliphatic carbocycles. The van der Waals surface area contributed by atoms with Crippen LogP contribution in [0.25, 0.3) is 0 Å². The average molecular weight is 295 g/mol. The van der Waals surface area contributed by atoms with E-state index in [1.807, 2.05) is 0 Å². The predicted octanol–water partition coefficient (Wildman–Crippen LogP) is 2.81. The van der Waals surface area contributed by atoms with E-state index in [0.717, 1.165) is 31.9 Å². The van der Waals surface area contributed by atoms with Gasteiger partial charge >= 0.3 is 0 Å². The Hall–Kier alpha value is -1.07. The molecule has 1 aliphatic heterocycles. The second-order valence-corrected chi connectivity index (χ2v) is 7.62. The molecule has 120 valence electrons. The molecular weight excluding hydrogens is 266 g/mol. The lowest BCUT2D eigenvalue weighted by Crippen LogP contribution is -2.57. The molecule has 0 spiro atoms. The van der Waals surface area contributed by atoms with Gasteiger partial charge in [-0.25, -0.2) is 0 Å². The standard InChI is InChI=1S/C16H29N3O2/c1-12(2)7-17-8-13-9-20-14(18-13)19-10-15(3,4)21-16(5,6)11-19/h9,12,17H,7-8,10-11H2,1-6H3. The van der Waals surface area contributed by atoms with Crippen LogP contribution in [0.1, 0.15) is 47.2 Å². The third kappa shape index (κ3) is 4.71. The molecule has 1 N–H and O–H groups in total. The Balaban J connectivity index is 2.00. The predicted molar refractivity (Wildman–Crippen MR) is 84.5 cm³/mol. The van der Waals surface area contributed by atoms with Gasteiger partial charge in [0.1, 0.15) is 6.26 Å². The summed E-state index contributed by atoms with van der Waals surface area (Å²) in [5, 5.41) is 3.38. The first-order chi connectivity index (χ1) is 9.67. The molecule has 1 fully saturated rings. The summed E-state index contributed by atoms with van der Waals surface area (Å²) in [6, 6.07) is 0.695. The van der Waals surface area contributed by atoms with Crippen LogP contribution in [0.15, 0.2) is 10.7 Å². The SMILES string of the molecule is CC(C)CNCc1coc(N2CC(C)(C)OC(C)(C)C2)n1. The van der Waals surface area contributed by atoms with E-state index in [1.165, 1.54) is 0 Å². The van der Waals surface area contributed by atoms with E-state index < -0.39 is 0 Å². The monoisotopic (exact) mass is 295 g/mol. The van der Waals surface area contributed by atoms with E-state index in [2.05, 4.69) is 56.7 Å². The summed E-state index contributed by atoms with van der Waals surface area (Å²) in [6.45, 7) is 16.1. The van der Waals surface area contributed by atoms with Gasteiger partial charge in [-0.3, -0.25) is 0 Å². The average Bonchev–Trinajstić information content (AvgIpc) is 2.73. The normalized spacial score (nSPS) is 21.0. The zero-order chi connectivity index (χ0) is 15.7. The Morgan fingerprint density at radius 3 is 2.43 bits per heavy atom. The highest BCUT2D eigenvalue weighted by molar-refractivity contribution is 5.30. The highest BCUT2D eigenvalue weighted by Crippen LogP contribution is 2.30. The van der Waals surface area contributed by atoms with E-state index in [9.17, 15) is 0 Å². The van der Waals surface area contributed by atoms with Crippen molar-refractivity contribution in [3.05, 3.63) is 12.0 Å². The number of aromatic nitrogens is 1. The van der Waals surface area contributed by atoms with Crippen LogP contribution in [0.4, 0.5) is 6.01 Å². The van der Waals surface area contributed by atoms with Gasteiger partial charge in [-0.1, -0.05) is 13.8 Å². The Morgan fingerprint density at radius 2 is 1.86 bits per heavy atom. The highest BCUT2D eigenvalue weighted by atomic mass is 16.5. The molecule has 0 amide bonds. The van der Waals surface area contributed by atoms with Crippen LogP contribution >= 0.6 is 0 Å². The van der Waals surface area contributed by atoms with E-state index in [4.69, 9.17) is 9.15 Å². The molecule has 5 heteroatoms. The maximum atomic E-state index is 6.09. The summed E-state index contributed by atoms with van der Waals surface area (Å²) in [5.41, 5.74) is 0.547. The molecule has 0 unspecified atom stereocenters. The molecule has 1 aromatic rings. The molecule has 0 saturated carbocycles. The Morgan fingerprint density at radius 1 is 1.24 bits per heavy atom. The molecular formula is C16H29N3O2. The Kier molecular flexibility index (Phi) is 4.63. The maximum Gasteiger partial charge on any atom is 0.297 e. The number of anilines is 1. The fraction of sp³-hybridized carbons (Fsp3) is 0.812. The first kappa shape index (κ1) is 16.3. The number of oxazole rings is 1. The van der Waals surface area contributed by atoms with Crippen LogP contribution < -0.4 is 10.2 Å². The van der Waals surface area contributed by atoms with Crippen molar-refractivity contribution in [3.8, 4) is 0 Å². The number of nitrogens with one attached hydrogen (secondary N) is 1. The molecule has 1 saturated heterocycles. The summed E-state index contributed by atoms with van der Waals surface area (Å²) in [5.74, 6) is 0.636. The second kappa shape index (κ2) is 5.97. The van der Waals surface area contributed by atoms with Crippen molar-refractivity contribution in [2.75, 3.05) is 24.5 Å². The van der Waals surface area contributed by atoms with Crippen LogP contribution in [0.5, 0.6) is 0 Å². The number of hydrogen-bond donors (Lipinski definition) is 1. The molecule has 5 nitrogen and oxygen atoms in total. The molecule has 0 radical (unpaired) electrons. The molecule has 0 bridgehead atoms. The highest BCUT2D eigenvalue weighted by Gasteiger charge is 2.39. The van der Waals surface area contributed by atoms with Crippen LogP contribution in [-0.2, 0) is 11.3 Å². The topological polar surface area (TPSA) is 50.5 Å². The number of morpholine rings is 1. The van der Waals surface area contributed by atoms with Gasteiger partial charge in [0.15, 0.2) is 0 Å². The zero-order valence-corrected chi connectivity index (χ0v) is 14.2. The van der Waals surface area contributed by atoms with Gasteiger partial charge in [-0.2, -0.15) is 4.98 Å². The van der Waals surface area contributed by atoms with Crippen molar-refractivity contribution in [2.45, 2.75) is 59.3 Å². The molecule has 1 aromatic heterocycles. The Bertz CT molecular complexity index is 450. The van der Waals surface area contributed by atoms with Crippen molar-refractivity contribution < 1.29 is 9.15 Å². The van der Waals surface area contributed by atoms with Crippen molar-refractivity contribution in [1.29, 1.82) is 0 Å². The number of nitrogens with zero attached hydrogens (tertiary/aromatic N) is 2. The Labute approximate surface area is 128 Å². The second-order valence-electron chi connectivity index (χ2n) is 7.62. The molecule has 0 aromatic carbocycles. The van der Waals surface area contributed by atoms with E-state index >= 15 is 0 Å². The van der Waals surface area contributed by atoms with Crippen molar-refractivity contribution >= 4 is 6.01 Å². The lowest BCUT2D eigenvalue weighted by Gasteiger charge is -2.46. The fourth-order valence-electron chi connectivity index (χ4n) is 2.93. The minimum absolute atomic E-state index is 0.202. The van der Waals surface area contributed by atoms with Gasteiger partial charge in [-0.05, 0) is 40.2 Å². The summed E-state index contributed by atoms with van der Waals surface area (Å²) in [4.78, 5) is 6.78. The van der Waals surface area contributed by atoms with Crippen molar-refractivity contribution in [2.24, 2.45) is 5.92 Å². The number of ether oxygens (including phenoxy) is 1. The lowest BCUT2D eigenvalue weighted by atomic mass is 9.99. The van der Waals surface area contributed by atoms with E-state index in [0.29, 0.717) is 11.9 Å². The van der Waals surface area contributed by atoms with Crippen LogP contribution in [0.3, 0.4) is 0 Å². The fourth-order valence-corrected chi connectivity index (χ4v) is 2.93. The first-order valence-electron chi connectivity index (χ1n) is 7.77. The minimum atomic E-state index is -0.202. The van der Waals surface area contributed by atoms with Gasteiger partial charge in [0.05, 0.1) is 30.0 Å². The third-order valence-electron chi connectivity index (χ3n) is 3.36. The quantitative estimate of drug-likeness (QED) is 0.905. The minimum Gasteiger partial charge on any atom is -0.432 e. The molecule has 1 aliphatic rings. The molecule has 2 heterocycles. The van der Waals surface area contributed by atoms with Crippen molar-refractivity contribution in [1.82, 2.24) is 10.3 Å². The smallest absolute Gasteiger partial charge is 0.297 e. The van der Waals surface area contributed by atoms with Gasteiger partial charge in [0.25, 0.3) is 6.01 Å². The van der Waals surface area contributed by atoms with Crippen molar-refractivity contribution in [3.63, 3.8) is 0 Å². The first-order valence-corrected chi connectivity index (χ1v) is 7.77.